The molecule has 0 amide bonds. The predicted molar refractivity (Wildman–Crippen MR) is 68.1 cm³/mol. The summed E-state index contributed by atoms with van der Waals surface area (Å²) in [6, 6.07) is 0. The van der Waals surface area contributed by atoms with Gasteiger partial charge in [-0.2, -0.15) is 0 Å². The van der Waals surface area contributed by atoms with Crippen LogP contribution >= 0.6 is 27.5 Å². The third-order valence-corrected chi connectivity index (χ3v) is 4.37. The van der Waals surface area contributed by atoms with Gasteiger partial charge in [-0.1, -0.05) is 11.6 Å². The lowest BCUT2D eigenvalue weighted by molar-refractivity contribution is -0.0549. The van der Waals surface area contributed by atoms with Crippen molar-refractivity contribution in [1.82, 2.24) is 9.55 Å². The largest absolute Gasteiger partial charge is 0.298 e. The highest BCUT2D eigenvalue weighted by atomic mass is 79.9. The molecule has 1 aliphatic carbocycles. The lowest BCUT2D eigenvalue weighted by atomic mass is 9.86. The molecule has 1 aromatic rings. The molecule has 0 radical (unpaired) electrons. The third kappa shape index (κ3) is 3.09. The number of aromatic nitrogens is 2. The van der Waals surface area contributed by atoms with E-state index in [1.54, 1.807) is 0 Å². The first-order valence-corrected chi connectivity index (χ1v) is 6.84. The molecule has 0 bridgehead atoms. The molecule has 2 rings (SSSR count). The second-order valence-corrected chi connectivity index (χ2v) is 5.78. The first kappa shape index (κ1) is 13.9. The van der Waals surface area contributed by atoms with Gasteiger partial charge >= 0.3 is 0 Å². The Labute approximate surface area is 116 Å². The highest BCUT2D eigenvalue weighted by Gasteiger charge is 2.36. The fraction of sp³-hybridized carbons (Fsp3) is 0.636. The average Bonchev–Trinajstić information content (AvgIpc) is 2.29. The topological polar surface area (TPSA) is 34.9 Å². The summed E-state index contributed by atoms with van der Waals surface area (Å²) in [5.74, 6) is -2.80. The Kier molecular flexibility index (Phi) is 4.06. The first-order chi connectivity index (χ1) is 8.39. The van der Waals surface area contributed by atoms with Gasteiger partial charge in [-0.05, 0) is 34.7 Å². The van der Waals surface area contributed by atoms with E-state index in [4.69, 9.17) is 11.6 Å². The zero-order chi connectivity index (χ0) is 13.3. The first-order valence-electron chi connectivity index (χ1n) is 5.67. The fourth-order valence-corrected chi connectivity index (χ4v) is 2.74. The summed E-state index contributed by atoms with van der Waals surface area (Å²) < 4.78 is 28.0. The van der Waals surface area contributed by atoms with Gasteiger partial charge in [-0.25, -0.2) is 13.8 Å². The Balaban J connectivity index is 2.15. The van der Waals surface area contributed by atoms with Crippen molar-refractivity contribution >= 4 is 27.5 Å². The van der Waals surface area contributed by atoms with Crippen LogP contribution in [0.5, 0.6) is 0 Å². The average molecular weight is 342 g/mol. The van der Waals surface area contributed by atoms with Crippen molar-refractivity contribution in [2.45, 2.75) is 38.2 Å². The number of alkyl halides is 2. The van der Waals surface area contributed by atoms with Crippen LogP contribution in [0, 0.1) is 5.92 Å². The Morgan fingerprint density at radius 1 is 1.61 bits per heavy atom. The van der Waals surface area contributed by atoms with Crippen LogP contribution in [0.15, 0.2) is 15.6 Å². The van der Waals surface area contributed by atoms with Crippen molar-refractivity contribution in [2.24, 2.45) is 5.92 Å². The van der Waals surface area contributed by atoms with Gasteiger partial charge < -0.3 is 0 Å². The number of nitrogens with zero attached hydrogens (tertiary/aromatic N) is 2. The standard InChI is InChI=1S/C11H12BrClF2N2O/c12-8-9(13)16-6-17(10(8)18)5-7-2-1-3-11(14,15)4-7/h6-7H,1-5H2. The van der Waals surface area contributed by atoms with Gasteiger partial charge in [0.15, 0.2) is 5.15 Å². The van der Waals surface area contributed by atoms with Gasteiger partial charge in [0.25, 0.3) is 5.56 Å². The van der Waals surface area contributed by atoms with Crippen LogP contribution in [0.25, 0.3) is 0 Å². The van der Waals surface area contributed by atoms with Crippen LogP contribution in [-0.2, 0) is 6.54 Å². The maximum absolute atomic E-state index is 13.3. The molecule has 1 heterocycles. The van der Waals surface area contributed by atoms with Gasteiger partial charge in [0, 0.05) is 19.4 Å². The maximum Gasteiger partial charge on any atom is 0.269 e. The molecular weight excluding hydrogens is 329 g/mol. The number of hydrogen-bond acceptors (Lipinski definition) is 2. The van der Waals surface area contributed by atoms with Crippen LogP contribution in [0.4, 0.5) is 8.78 Å². The van der Waals surface area contributed by atoms with Crippen LogP contribution in [0.3, 0.4) is 0 Å². The van der Waals surface area contributed by atoms with E-state index in [2.05, 4.69) is 20.9 Å². The van der Waals surface area contributed by atoms with Crippen molar-refractivity contribution in [2.75, 3.05) is 0 Å². The molecule has 3 nitrogen and oxygen atoms in total. The summed E-state index contributed by atoms with van der Waals surface area (Å²) in [4.78, 5) is 15.7. The summed E-state index contributed by atoms with van der Waals surface area (Å²) >= 11 is 8.72. The SMILES string of the molecule is O=c1c(Br)c(Cl)ncn1CC1CCCC(F)(F)C1. The molecule has 0 N–H and O–H groups in total. The van der Waals surface area contributed by atoms with Crippen molar-refractivity contribution in [3.8, 4) is 0 Å². The molecule has 1 unspecified atom stereocenters. The smallest absolute Gasteiger partial charge is 0.269 e. The van der Waals surface area contributed by atoms with Gasteiger partial charge in [-0.15, -0.1) is 0 Å². The van der Waals surface area contributed by atoms with Crippen molar-refractivity contribution in [3.05, 3.63) is 26.3 Å². The Hall–Kier alpha value is -0.490. The minimum Gasteiger partial charge on any atom is -0.298 e. The minimum atomic E-state index is -2.61. The second-order valence-electron chi connectivity index (χ2n) is 4.63. The minimum absolute atomic E-state index is 0.0546. The molecule has 1 fully saturated rings. The zero-order valence-electron chi connectivity index (χ0n) is 9.50. The van der Waals surface area contributed by atoms with Crippen LogP contribution in [0.2, 0.25) is 5.15 Å². The van der Waals surface area contributed by atoms with E-state index in [1.807, 2.05) is 0 Å². The van der Waals surface area contributed by atoms with Crippen molar-refractivity contribution < 1.29 is 8.78 Å². The number of halogens is 4. The van der Waals surface area contributed by atoms with E-state index >= 15 is 0 Å². The maximum atomic E-state index is 13.3. The molecular formula is C11H12BrClF2N2O. The molecule has 0 saturated heterocycles. The van der Waals surface area contributed by atoms with Gasteiger partial charge in [0.05, 0.1) is 6.33 Å². The molecule has 1 saturated carbocycles. The summed E-state index contributed by atoms with van der Waals surface area (Å²) in [6.07, 6.45) is 2.29. The molecule has 0 aliphatic heterocycles. The Morgan fingerprint density at radius 2 is 2.33 bits per heavy atom. The molecule has 1 atom stereocenters. The lowest BCUT2D eigenvalue weighted by Gasteiger charge is -2.29. The zero-order valence-corrected chi connectivity index (χ0v) is 11.8. The number of rotatable bonds is 2. The molecule has 1 aliphatic rings. The molecule has 0 aromatic carbocycles. The molecule has 1 aromatic heterocycles. The van der Waals surface area contributed by atoms with E-state index in [0.29, 0.717) is 12.8 Å². The number of hydrogen-bond donors (Lipinski definition) is 0. The Morgan fingerprint density at radius 3 is 3.00 bits per heavy atom. The highest BCUT2D eigenvalue weighted by Crippen LogP contribution is 2.37. The second kappa shape index (κ2) is 5.25. The quantitative estimate of drug-likeness (QED) is 0.772. The molecule has 18 heavy (non-hydrogen) atoms. The predicted octanol–water partition coefficient (Wildman–Crippen LogP) is 3.48. The van der Waals surface area contributed by atoms with E-state index in [-0.39, 0.29) is 40.5 Å². The van der Waals surface area contributed by atoms with Crippen molar-refractivity contribution in [3.63, 3.8) is 0 Å². The van der Waals surface area contributed by atoms with Gasteiger partial charge in [0.2, 0.25) is 5.92 Å². The van der Waals surface area contributed by atoms with Crippen LogP contribution in [0.1, 0.15) is 25.7 Å². The van der Waals surface area contributed by atoms with E-state index in [1.165, 1.54) is 10.9 Å². The monoisotopic (exact) mass is 340 g/mol. The summed E-state index contributed by atoms with van der Waals surface area (Å²) in [7, 11) is 0. The van der Waals surface area contributed by atoms with Crippen molar-refractivity contribution in [1.29, 1.82) is 0 Å². The van der Waals surface area contributed by atoms with Gasteiger partial charge in [0.1, 0.15) is 4.47 Å². The summed E-state index contributed by atoms with van der Waals surface area (Å²) in [5.41, 5.74) is -0.330. The summed E-state index contributed by atoms with van der Waals surface area (Å²) in [6.45, 7) is 0.261. The Bertz CT molecular complexity index is 506. The molecule has 0 spiro atoms. The summed E-state index contributed by atoms with van der Waals surface area (Å²) in [5, 5.41) is 0.0882. The van der Waals surface area contributed by atoms with E-state index in [0.717, 1.165) is 0 Å². The van der Waals surface area contributed by atoms with Gasteiger partial charge in [-0.3, -0.25) is 9.36 Å². The van der Waals surface area contributed by atoms with E-state index in [9.17, 15) is 13.6 Å². The third-order valence-electron chi connectivity index (χ3n) is 3.14. The van der Waals surface area contributed by atoms with E-state index < -0.39 is 5.92 Å². The molecule has 100 valence electrons. The molecule has 7 heteroatoms. The normalized spacial score (nSPS) is 23.0. The lowest BCUT2D eigenvalue weighted by Crippen LogP contribution is -2.32. The highest BCUT2D eigenvalue weighted by molar-refractivity contribution is 9.10. The van der Waals surface area contributed by atoms with Crippen LogP contribution in [-0.4, -0.2) is 15.5 Å². The fourth-order valence-electron chi connectivity index (χ4n) is 2.28. The van der Waals surface area contributed by atoms with Crippen LogP contribution < -0.4 is 5.56 Å².